The van der Waals surface area contributed by atoms with Gasteiger partial charge < -0.3 is 0 Å². The van der Waals surface area contributed by atoms with Crippen LogP contribution in [0.3, 0.4) is 0 Å². The van der Waals surface area contributed by atoms with Gasteiger partial charge in [0.2, 0.25) is 0 Å². The minimum Gasteiger partial charge on any atom is -0.279 e. The van der Waals surface area contributed by atoms with Gasteiger partial charge >= 0.3 is 0 Å². The first-order valence-electron chi connectivity index (χ1n) is 5.61. The third-order valence-electron chi connectivity index (χ3n) is 2.62. The highest BCUT2D eigenvalue weighted by Gasteiger charge is 2.07. The van der Waals surface area contributed by atoms with E-state index in [0.717, 1.165) is 26.1 Å². The van der Waals surface area contributed by atoms with Gasteiger partial charge in [0.15, 0.2) is 0 Å². The van der Waals surface area contributed by atoms with E-state index in [1.807, 2.05) is 6.07 Å². The van der Waals surface area contributed by atoms with Crippen molar-refractivity contribution >= 4 is 0 Å². The first-order valence-corrected chi connectivity index (χ1v) is 5.61. The van der Waals surface area contributed by atoms with Crippen molar-refractivity contribution in [3.05, 3.63) is 35.9 Å². The first kappa shape index (κ1) is 10.1. The van der Waals surface area contributed by atoms with E-state index in [0.29, 0.717) is 0 Å². The first-order chi connectivity index (χ1) is 7.45. The van der Waals surface area contributed by atoms with Gasteiger partial charge in [-0.25, -0.2) is 0 Å². The minimum absolute atomic E-state index is 0.792. The van der Waals surface area contributed by atoms with E-state index < -0.39 is 0 Å². The molecule has 0 saturated carbocycles. The van der Waals surface area contributed by atoms with Crippen molar-refractivity contribution in [1.29, 1.82) is 0 Å². The fourth-order valence-corrected chi connectivity index (χ4v) is 1.75. The number of hydrogen-bond donors (Lipinski definition) is 0. The maximum Gasteiger partial charge on any atom is 0.0660 e. The average Bonchev–Trinajstić information content (AvgIpc) is 2.79. The molecule has 0 N–H and O–H groups in total. The van der Waals surface area contributed by atoms with Crippen molar-refractivity contribution in [1.82, 2.24) is 5.01 Å². The molecule has 15 heavy (non-hydrogen) atoms. The molecule has 2 rings (SSSR count). The van der Waals surface area contributed by atoms with Crippen molar-refractivity contribution in [2.45, 2.75) is 19.3 Å². The van der Waals surface area contributed by atoms with Crippen molar-refractivity contribution < 1.29 is 0 Å². The Kier molecular flexibility index (Phi) is 3.71. The second kappa shape index (κ2) is 5.49. The zero-order valence-corrected chi connectivity index (χ0v) is 8.97. The fourth-order valence-electron chi connectivity index (χ4n) is 1.75. The highest BCUT2D eigenvalue weighted by atomic mass is 15.5. The summed E-state index contributed by atoms with van der Waals surface area (Å²) in [6.07, 6.45) is 3.51. The number of hydrogen-bond acceptors (Lipinski definition) is 2. The quantitative estimate of drug-likeness (QED) is 0.691. The van der Waals surface area contributed by atoms with Gasteiger partial charge in [0.1, 0.15) is 0 Å². The second-order valence-corrected chi connectivity index (χ2v) is 3.85. The van der Waals surface area contributed by atoms with Crippen LogP contribution in [0.25, 0.3) is 0 Å². The Balaban J connectivity index is 1.70. The molecule has 1 saturated heterocycles. The fraction of sp³-hybridized carbons (Fsp3) is 0.500. The molecule has 0 amide bonds. The summed E-state index contributed by atoms with van der Waals surface area (Å²) in [5.41, 5.74) is 1.33. The summed E-state index contributed by atoms with van der Waals surface area (Å²) >= 11 is 0. The lowest BCUT2D eigenvalue weighted by Crippen LogP contribution is -2.10. The summed E-state index contributed by atoms with van der Waals surface area (Å²) in [5.74, 6) is 0. The minimum atomic E-state index is 0.792. The molecule has 3 heteroatoms. The second-order valence-electron chi connectivity index (χ2n) is 3.85. The smallest absolute Gasteiger partial charge is 0.0660 e. The molecular formula is C12H17N3. The molecule has 3 nitrogen and oxygen atoms in total. The Morgan fingerprint density at radius 1 is 1.07 bits per heavy atom. The summed E-state index contributed by atoms with van der Waals surface area (Å²) in [5, 5.41) is 10.5. The monoisotopic (exact) mass is 203 g/mol. The molecule has 1 aliphatic heterocycles. The zero-order valence-electron chi connectivity index (χ0n) is 8.97. The third-order valence-corrected chi connectivity index (χ3v) is 2.62. The summed E-state index contributed by atoms with van der Waals surface area (Å²) in [6.45, 7) is 2.95. The molecule has 1 aliphatic rings. The van der Waals surface area contributed by atoms with Crippen LogP contribution in [-0.2, 0) is 6.42 Å². The van der Waals surface area contributed by atoms with Crippen molar-refractivity contribution in [2.24, 2.45) is 10.3 Å². The van der Waals surface area contributed by atoms with Crippen LogP contribution in [0.4, 0.5) is 0 Å². The molecule has 0 spiro atoms. The molecular weight excluding hydrogens is 186 g/mol. The molecule has 0 radical (unpaired) electrons. The number of rotatable bonds is 4. The van der Waals surface area contributed by atoms with Crippen LogP contribution in [-0.4, -0.2) is 24.6 Å². The van der Waals surface area contributed by atoms with Crippen LogP contribution < -0.4 is 0 Å². The molecule has 0 bridgehead atoms. The van der Waals surface area contributed by atoms with Gasteiger partial charge in [-0.05, 0) is 24.8 Å². The van der Waals surface area contributed by atoms with Crippen LogP contribution in [0.15, 0.2) is 40.7 Å². The number of benzene rings is 1. The predicted molar refractivity (Wildman–Crippen MR) is 60.7 cm³/mol. The Bertz CT molecular complexity index is 302. The van der Waals surface area contributed by atoms with Gasteiger partial charge in [0.05, 0.1) is 6.54 Å². The van der Waals surface area contributed by atoms with Crippen LogP contribution in [0.2, 0.25) is 0 Å². The lowest BCUT2D eigenvalue weighted by molar-refractivity contribution is 0.330. The Labute approximate surface area is 90.8 Å². The predicted octanol–water partition coefficient (Wildman–Crippen LogP) is 2.69. The maximum atomic E-state index is 4.20. The van der Waals surface area contributed by atoms with Crippen molar-refractivity contribution in [3.63, 3.8) is 0 Å². The third kappa shape index (κ3) is 3.35. The van der Waals surface area contributed by atoms with Gasteiger partial charge in [-0.2, -0.15) is 5.11 Å². The normalized spacial score (nSPS) is 16.4. The lowest BCUT2D eigenvalue weighted by Gasteiger charge is -2.06. The molecule has 1 fully saturated rings. The van der Waals surface area contributed by atoms with Crippen molar-refractivity contribution in [2.75, 3.05) is 19.6 Å². The van der Waals surface area contributed by atoms with E-state index in [-0.39, 0.29) is 0 Å². The van der Waals surface area contributed by atoms with Crippen LogP contribution in [0.5, 0.6) is 0 Å². The van der Waals surface area contributed by atoms with E-state index in [1.54, 1.807) is 0 Å². The van der Waals surface area contributed by atoms with Gasteiger partial charge in [0, 0.05) is 13.1 Å². The van der Waals surface area contributed by atoms with E-state index >= 15 is 0 Å². The molecule has 0 atom stereocenters. The summed E-state index contributed by atoms with van der Waals surface area (Å²) in [6, 6.07) is 10.4. The molecule has 1 heterocycles. The van der Waals surface area contributed by atoms with Gasteiger partial charge in [-0.3, -0.25) is 5.01 Å². The van der Waals surface area contributed by atoms with Gasteiger partial charge in [-0.15, -0.1) is 0 Å². The summed E-state index contributed by atoms with van der Waals surface area (Å²) in [4.78, 5) is 0. The molecule has 0 unspecified atom stereocenters. The van der Waals surface area contributed by atoms with Gasteiger partial charge in [-0.1, -0.05) is 35.6 Å². The number of nitrogens with zero attached hydrogens (tertiary/aromatic N) is 3. The largest absolute Gasteiger partial charge is 0.279 e. The lowest BCUT2D eigenvalue weighted by atomic mass is 10.2. The standard InChI is InChI=1S/C12H17N3/c1-2-6-12(7-3-1)8-9-13-14-15-10-4-5-11-15/h1-3,6-7H,4-5,8-11H2. The molecule has 0 aliphatic carbocycles. The summed E-state index contributed by atoms with van der Waals surface area (Å²) in [7, 11) is 0. The van der Waals surface area contributed by atoms with Crippen LogP contribution in [0.1, 0.15) is 18.4 Å². The van der Waals surface area contributed by atoms with Crippen molar-refractivity contribution in [3.8, 4) is 0 Å². The van der Waals surface area contributed by atoms with E-state index in [9.17, 15) is 0 Å². The van der Waals surface area contributed by atoms with E-state index in [4.69, 9.17) is 0 Å². The van der Waals surface area contributed by atoms with Crippen LogP contribution >= 0.6 is 0 Å². The zero-order chi connectivity index (χ0) is 10.3. The molecule has 80 valence electrons. The summed E-state index contributed by atoms with van der Waals surface area (Å²) < 4.78 is 0. The Hall–Kier alpha value is -1.38. The molecule has 0 aromatic heterocycles. The average molecular weight is 203 g/mol. The topological polar surface area (TPSA) is 28.0 Å². The molecule has 1 aromatic rings. The Morgan fingerprint density at radius 3 is 2.53 bits per heavy atom. The Morgan fingerprint density at radius 2 is 1.80 bits per heavy atom. The van der Waals surface area contributed by atoms with E-state index in [1.165, 1.54) is 18.4 Å². The SMILES string of the molecule is c1ccc(CCN=NN2CCCC2)cc1. The molecule has 1 aromatic carbocycles. The highest BCUT2D eigenvalue weighted by molar-refractivity contribution is 5.14. The maximum absolute atomic E-state index is 4.20. The van der Waals surface area contributed by atoms with E-state index in [2.05, 4.69) is 39.6 Å². The highest BCUT2D eigenvalue weighted by Crippen LogP contribution is 2.07. The van der Waals surface area contributed by atoms with Gasteiger partial charge in [0.25, 0.3) is 0 Å². The van der Waals surface area contributed by atoms with Crippen LogP contribution in [0, 0.1) is 0 Å².